The number of fused-ring (bicyclic) bond motifs is 1. The van der Waals surface area contributed by atoms with E-state index in [0.29, 0.717) is 10.6 Å². The van der Waals surface area contributed by atoms with E-state index in [9.17, 15) is 4.79 Å². The molecule has 3 rings (SSSR count). The Labute approximate surface area is 140 Å². The molecule has 0 N–H and O–H groups in total. The normalized spacial score (nSPS) is 14.0. The lowest BCUT2D eigenvalue weighted by Gasteiger charge is -2.29. The Hall–Kier alpha value is -0.720. The number of para-hydroxylation sites is 1. The van der Waals surface area contributed by atoms with Gasteiger partial charge in [0.1, 0.15) is 0 Å². The minimum atomic E-state index is 0.0406. The van der Waals surface area contributed by atoms with E-state index in [1.807, 2.05) is 29.2 Å². The molecule has 1 aliphatic rings. The number of amides is 1. The third-order valence-electron chi connectivity index (χ3n) is 3.14. The van der Waals surface area contributed by atoms with Gasteiger partial charge in [0, 0.05) is 25.8 Å². The van der Waals surface area contributed by atoms with Crippen LogP contribution in [-0.2, 0) is 0 Å². The summed E-state index contributed by atoms with van der Waals surface area (Å²) in [6.45, 7) is 0.735. The van der Waals surface area contributed by atoms with Gasteiger partial charge in [-0.05, 0) is 52.9 Å². The van der Waals surface area contributed by atoms with E-state index in [1.54, 1.807) is 23.9 Å². The molecule has 0 saturated heterocycles. The topological polar surface area (TPSA) is 20.3 Å². The molecule has 1 heterocycles. The third kappa shape index (κ3) is 2.69. The lowest BCUT2D eigenvalue weighted by atomic mass is 10.1. The van der Waals surface area contributed by atoms with E-state index >= 15 is 0 Å². The predicted molar refractivity (Wildman–Crippen MR) is 93.0 cm³/mol. The Kier molecular flexibility index (Phi) is 4.23. The second-order valence-electron chi connectivity index (χ2n) is 4.40. The Morgan fingerprint density at radius 1 is 1.25 bits per heavy atom. The van der Waals surface area contributed by atoms with Gasteiger partial charge >= 0.3 is 0 Å². The second kappa shape index (κ2) is 5.95. The van der Waals surface area contributed by atoms with Gasteiger partial charge in [-0.1, -0.05) is 23.7 Å². The van der Waals surface area contributed by atoms with Crippen LogP contribution in [0.1, 0.15) is 10.4 Å². The van der Waals surface area contributed by atoms with Crippen LogP contribution in [-0.4, -0.2) is 18.2 Å². The van der Waals surface area contributed by atoms with E-state index in [4.69, 9.17) is 11.6 Å². The van der Waals surface area contributed by atoms with Crippen LogP contribution in [0.3, 0.4) is 0 Å². The van der Waals surface area contributed by atoms with Crippen molar-refractivity contribution in [3.8, 4) is 0 Å². The van der Waals surface area contributed by atoms with Crippen molar-refractivity contribution in [1.82, 2.24) is 0 Å². The molecule has 0 bridgehead atoms. The highest BCUT2D eigenvalue weighted by Gasteiger charge is 2.24. The highest BCUT2D eigenvalue weighted by atomic mass is 127. The number of nitrogens with zero attached hydrogens (tertiary/aromatic N) is 1. The van der Waals surface area contributed by atoms with E-state index in [-0.39, 0.29) is 5.91 Å². The molecule has 0 aliphatic carbocycles. The van der Waals surface area contributed by atoms with Gasteiger partial charge in [-0.3, -0.25) is 4.79 Å². The number of anilines is 1. The van der Waals surface area contributed by atoms with Crippen LogP contribution >= 0.6 is 46.0 Å². The van der Waals surface area contributed by atoms with Gasteiger partial charge in [0.2, 0.25) is 0 Å². The number of rotatable bonds is 1. The molecule has 1 aliphatic heterocycles. The smallest absolute Gasteiger partial charge is 0.259 e. The number of halogens is 2. The molecular formula is C15H11ClINOS. The molecule has 0 aromatic heterocycles. The summed E-state index contributed by atoms with van der Waals surface area (Å²) < 4.78 is 0.885. The zero-order chi connectivity index (χ0) is 14.1. The summed E-state index contributed by atoms with van der Waals surface area (Å²) in [7, 11) is 0. The standard InChI is InChI=1S/C15H11ClINOS/c16-10-5-6-11(12(17)9-10)15(19)18-7-8-20-14-4-2-1-3-13(14)18/h1-6,9H,7-8H2. The van der Waals surface area contributed by atoms with Crippen LogP contribution in [0.15, 0.2) is 47.4 Å². The third-order valence-corrected chi connectivity index (χ3v) is 5.31. The fourth-order valence-electron chi connectivity index (χ4n) is 2.19. The van der Waals surface area contributed by atoms with E-state index < -0.39 is 0 Å². The molecule has 0 spiro atoms. The van der Waals surface area contributed by atoms with E-state index in [2.05, 4.69) is 28.7 Å². The van der Waals surface area contributed by atoms with Crippen molar-refractivity contribution in [3.63, 3.8) is 0 Å². The molecular weight excluding hydrogens is 405 g/mol. The maximum absolute atomic E-state index is 12.8. The summed E-state index contributed by atoms with van der Waals surface area (Å²) in [6.07, 6.45) is 0. The molecule has 0 fully saturated rings. The minimum absolute atomic E-state index is 0.0406. The van der Waals surface area contributed by atoms with Gasteiger partial charge in [0.25, 0.3) is 5.91 Å². The molecule has 20 heavy (non-hydrogen) atoms. The highest BCUT2D eigenvalue weighted by Crippen LogP contribution is 2.35. The molecule has 2 aromatic rings. The monoisotopic (exact) mass is 415 g/mol. The van der Waals surface area contributed by atoms with Crippen molar-refractivity contribution < 1.29 is 4.79 Å². The molecule has 0 atom stereocenters. The zero-order valence-electron chi connectivity index (χ0n) is 10.5. The zero-order valence-corrected chi connectivity index (χ0v) is 14.2. The molecule has 2 nitrogen and oxygen atoms in total. The summed E-state index contributed by atoms with van der Waals surface area (Å²) in [6, 6.07) is 13.4. The van der Waals surface area contributed by atoms with Crippen LogP contribution in [0.5, 0.6) is 0 Å². The highest BCUT2D eigenvalue weighted by molar-refractivity contribution is 14.1. The first-order chi connectivity index (χ1) is 9.66. The second-order valence-corrected chi connectivity index (χ2v) is 7.13. The van der Waals surface area contributed by atoms with Crippen molar-refractivity contribution in [2.75, 3.05) is 17.2 Å². The first-order valence-electron chi connectivity index (χ1n) is 6.15. The molecule has 0 radical (unpaired) electrons. The number of carbonyl (C=O) groups is 1. The molecule has 1 amide bonds. The molecule has 0 unspecified atom stereocenters. The van der Waals surface area contributed by atoms with Crippen LogP contribution in [0.25, 0.3) is 0 Å². The van der Waals surface area contributed by atoms with Gasteiger partial charge < -0.3 is 4.90 Å². The quantitative estimate of drug-likeness (QED) is 0.630. The van der Waals surface area contributed by atoms with Gasteiger partial charge in [-0.25, -0.2) is 0 Å². The Morgan fingerprint density at radius 3 is 2.85 bits per heavy atom. The lowest BCUT2D eigenvalue weighted by Crippen LogP contribution is -2.35. The summed E-state index contributed by atoms with van der Waals surface area (Å²) in [5, 5.41) is 0.653. The van der Waals surface area contributed by atoms with Crippen LogP contribution in [0.2, 0.25) is 5.02 Å². The largest absolute Gasteiger partial charge is 0.306 e. The number of hydrogen-bond acceptors (Lipinski definition) is 2. The summed E-state index contributed by atoms with van der Waals surface area (Å²) in [4.78, 5) is 15.8. The minimum Gasteiger partial charge on any atom is -0.306 e. The molecule has 2 aromatic carbocycles. The summed E-state index contributed by atoms with van der Waals surface area (Å²) in [5.74, 6) is 0.964. The van der Waals surface area contributed by atoms with Crippen LogP contribution in [0.4, 0.5) is 5.69 Å². The summed E-state index contributed by atoms with van der Waals surface area (Å²) in [5.41, 5.74) is 1.70. The number of hydrogen-bond donors (Lipinski definition) is 0. The van der Waals surface area contributed by atoms with Crippen LogP contribution < -0.4 is 4.90 Å². The van der Waals surface area contributed by atoms with Gasteiger partial charge in [0.15, 0.2) is 0 Å². The van der Waals surface area contributed by atoms with Gasteiger partial charge in [-0.2, -0.15) is 0 Å². The lowest BCUT2D eigenvalue weighted by molar-refractivity contribution is 0.0987. The number of carbonyl (C=O) groups excluding carboxylic acids is 1. The SMILES string of the molecule is O=C(c1ccc(Cl)cc1I)N1CCSc2ccccc21. The summed E-state index contributed by atoms with van der Waals surface area (Å²) >= 11 is 9.91. The van der Waals surface area contributed by atoms with Crippen molar-refractivity contribution in [3.05, 3.63) is 56.6 Å². The Bertz CT molecular complexity index is 677. The first kappa shape index (κ1) is 14.2. The fourth-order valence-corrected chi connectivity index (χ4v) is 4.29. The fraction of sp³-hybridized carbons (Fsp3) is 0.133. The molecule has 0 saturated carbocycles. The number of thioether (sulfide) groups is 1. The van der Waals surface area contributed by atoms with E-state index in [1.165, 1.54) is 0 Å². The average Bonchev–Trinajstić information content (AvgIpc) is 2.46. The Balaban J connectivity index is 2.00. The van der Waals surface area contributed by atoms with Crippen molar-refractivity contribution in [2.24, 2.45) is 0 Å². The van der Waals surface area contributed by atoms with E-state index in [0.717, 1.165) is 26.5 Å². The van der Waals surface area contributed by atoms with Crippen LogP contribution in [0, 0.1) is 3.57 Å². The first-order valence-corrected chi connectivity index (χ1v) is 8.60. The maximum Gasteiger partial charge on any atom is 0.259 e. The predicted octanol–water partition coefficient (Wildman–Crippen LogP) is 4.70. The Morgan fingerprint density at radius 2 is 2.05 bits per heavy atom. The van der Waals surface area contributed by atoms with Crippen molar-refractivity contribution in [2.45, 2.75) is 4.90 Å². The van der Waals surface area contributed by atoms with Gasteiger partial charge in [0.05, 0.1) is 11.3 Å². The molecule has 102 valence electrons. The van der Waals surface area contributed by atoms with Crippen molar-refractivity contribution in [1.29, 1.82) is 0 Å². The number of benzene rings is 2. The van der Waals surface area contributed by atoms with Gasteiger partial charge in [-0.15, -0.1) is 11.8 Å². The van der Waals surface area contributed by atoms with Crippen molar-refractivity contribution >= 4 is 57.5 Å². The molecule has 5 heteroatoms. The average molecular weight is 416 g/mol. The maximum atomic E-state index is 12.8.